The van der Waals surface area contributed by atoms with Gasteiger partial charge in [-0.15, -0.1) is 0 Å². The van der Waals surface area contributed by atoms with Gasteiger partial charge in [-0.25, -0.2) is 0 Å². The highest BCUT2D eigenvalue weighted by atomic mass is 16.5. The van der Waals surface area contributed by atoms with Crippen LogP contribution in [0.3, 0.4) is 0 Å². The second-order valence-electron chi connectivity index (χ2n) is 23.7. The largest absolute Gasteiger partial charge is 0.494 e. The molecule has 0 saturated carbocycles. The fourth-order valence-electron chi connectivity index (χ4n) is 12.1. The molecule has 0 bridgehead atoms. The third-order valence-corrected chi connectivity index (χ3v) is 17.2. The van der Waals surface area contributed by atoms with E-state index in [1.807, 2.05) is 86.7 Å². The van der Waals surface area contributed by atoms with Crippen LogP contribution in [0.1, 0.15) is 183 Å². The Morgan fingerprint density at radius 3 is 1.25 bits per heavy atom. The Hall–Kier alpha value is -6.68. The topological polar surface area (TPSA) is 90.3 Å². The van der Waals surface area contributed by atoms with Crippen LogP contribution < -0.4 is 29.3 Å². The molecule has 0 aromatic heterocycles. The molecule has 10 nitrogen and oxygen atoms in total. The normalized spacial score (nSPS) is 19.2. The molecule has 4 aromatic rings. The van der Waals surface area contributed by atoms with Crippen molar-refractivity contribution in [3.05, 3.63) is 155 Å². The van der Waals surface area contributed by atoms with E-state index >= 15 is 0 Å². The second kappa shape index (κ2) is 27.7. The van der Waals surface area contributed by atoms with E-state index in [-0.39, 0.29) is 22.6 Å². The number of allylic oxidation sites excluding steroid dienone is 6. The van der Waals surface area contributed by atoms with Gasteiger partial charge in [-0.3, -0.25) is 9.59 Å². The number of anilines is 4. The van der Waals surface area contributed by atoms with Crippen molar-refractivity contribution in [2.24, 2.45) is 22.0 Å². The van der Waals surface area contributed by atoms with E-state index in [4.69, 9.17) is 9.47 Å². The first-order valence-corrected chi connectivity index (χ1v) is 30.6. The molecule has 0 spiro atoms. The van der Waals surface area contributed by atoms with E-state index in [9.17, 15) is 9.59 Å². The minimum Gasteiger partial charge on any atom is -0.494 e. The number of carbonyl (C=O) groups excluding carboxylic acids is 2. The van der Waals surface area contributed by atoms with Gasteiger partial charge in [-0.1, -0.05) is 156 Å². The van der Waals surface area contributed by atoms with E-state index in [2.05, 4.69) is 124 Å². The van der Waals surface area contributed by atoms with Crippen molar-refractivity contribution in [2.45, 2.75) is 183 Å². The molecule has 80 heavy (non-hydrogen) atoms. The Labute approximate surface area is 480 Å². The fraction of sp³-hybridized carbons (Fsp3) is 0.486. The Bertz CT molecular complexity index is 2750. The Morgan fingerprint density at radius 1 is 0.487 bits per heavy atom. The molecule has 426 valence electrons. The van der Waals surface area contributed by atoms with Crippen molar-refractivity contribution in [2.75, 3.05) is 46.1 Å². The lowest BCUT2D eigenvalue weighted by Crippen LogP contribution is -2.30. The van der Waals surface area contributed by atoms with Gasteiger partial charge in [-0.2, -0.15) is 20.2 Å². The molecular weight excluding hydrogens is 989 g/mol. The molecule has 4 aliphatic heterocycles. The van der Waals surface area contributed by atoms with Crippen LogP contribution in [0.25, 0.3) is 0 Å². The van der Waals surface area contributed by atoms with Gasteiger partial charge in [-0.05, 0) is 160 Å². The average molecular weight is 1080 g/mol. The van der Waals surface area contributed by atoms with Crippen molar-refractivity contribution in [1.29, 1.82) is 0 Å². The highest BCUT2D eigenvalue weighted by Crippen LogP contribution is 2.51. The maximum Gasteiger partial charge on any atom is 0.280 e. The number of benzene rings is 4. The van der Waals surface area contributed by atoms with Crippen molar-refractivity contribution >= 4 is 46.0 Å². The second-order valence-corrected chi connectivity index (χ2v) is 23.7. The minimum atomic E-state index is -0.313. The summed E-state index contributed by atoms with van der Waals surface area (Å²) in [5, 5.41) is 12.4. The minimum absolute atomic E-state index is 0.102. The predicted molar refractivity (Wildman–Crippen MR) is 335 cm³/mol. The molecule has 2 unspecified atom stereocenters. The maximum absolute atomic E-state index is 13.8. The van der Waals surface area contributed by atoms with Crippen LogP contribution in [-0.4, -0.2) is 49.5 Å². The van der Waals surface area contributed by atoms with E-state index in [0.29, 0.717) is 36.2 Å². The van der Waals surface area contributed by atoms with Crippen molar-refractivity contribution < 1.29 is 19.1 Å². The molecule has 10 heteroatoms. The fourth-order valence-corrected chi connectivity index (χ4v) is 12.1. The molecule has 4 aromatic carbocycles. The molecule has 2 atom stereocenters. The molecular formula is C70H92N6O4. The van der Waals surface area contributed by atoms with Gasteiger partial charge in [0.1, 0.15) is 11.5 Å². The van der Waals surface area contributed by atoms with Gasteiger partial charge in [0.2, 0.25) is 0 Å². The molecule has 4 heterocycles. The first kappa shape index (κ1) is 59.4. The lowest BCUT2D eigenvalue weighted by Gasteiger charge is -2.30. The van der Waals surface area contributed by atoms with Crippen LogP contribution >= 0.6 is 0 Å². The monoisotopic (exact) mass is 1080 g/mol. The smallest absolute Gasteiger partial charge is 0.280 e. The highest BCUT2D eigenvalue weighted by molar-refractivity contribution is 6.30. The van der Waals surface area contributed by atoms with Gasteiger partial charge in [0.05, 0.1) is 47.2 Å². The highest BCUT2D eigenvalue weighted by Gasteiger charge is 2.43. The summed E-state index contributed by atoms with van der Waals surface area (Å²) in [6, 6.07) is 32.6. The molecule has 0 N–H and O–H groups in total. The number of hydrazone groups is 2. The van der Waals surface area contributed by atoms with Crippen LogP contribution in [0.4, 0.5) is 22.7 Å². The molecule has 0 saturated heterocycles. The van der Waals surface area contributed by atoms with E-state index < -0.39 is 0 Å². The van der Waals surface area contributed by atoms with E-state index in [1.165, 1.54) is 108 Å². The number of amides is 2. The summed E-state index contributed by atoms with van der Waals surface area (Å²) in [6.45, 7) is 25.4. The molecule has 0 aliphatic carbocycles. The van der Waals surface area contributed by atoms with Crippen LogP contribution in [-0.2, 0) is 20.4 Å². The predicted octanol–water partition coefficient (Wildman–Crippen LogP) is 17.4. The molecule has 0 radical (unpaired) electrons. The van der Waals surface area contributed by atoms with Crippen molar-refractivity contribution in [1.82, 2.24) is 0 Å². The Kier molecular flexibility index (Phi) is 20.6. The summed E-state index contributed by atoms with van der Waals surface area (Å²) in [6.07, 6.45) is 27.1. The number of unbranched alkanes of at least 4 members (excludes halogenated alkanes) is 9. The van der Waals surface area contributed by atoms with Crippen molar-refractivity contribution in [3.63, 3.8) is 0 Å². The molecule has 2 amide bonds. The number of carbonyl (C=O) groups is 2. The average Bonchev–Trinajstić information content (AvgIpc) is 4.06. The first-order chi connectivity index (χ1) is 38.7. The molecule has 4 aliphatic rings. The van der Waals surface area contributed by atoms with Crippen LogP contribution in [0.2, 0.25) is 0 Å². The van der Waals surface area contributed by atoms with E-state index in [1.54, 1.807) is 0 Å². The summed E-state index contributed by atoms with van der Waals surface area (Å²) < 4.78 is 13.0. The summed E-state index contributed by atoms with van der Waals surface area (Å²) in [4.78, 5) is 32.6. The number of nitrogens with zero attached hydrogens (tertiary/aromatic N) is 6. The SMILES string of the molecule is CCCCCCC(CC)CN1/C(=C\C=C2/C(=O)N(c3ccccc3)N=C2C)C(C)(C)c2cc(OCCCCCCOc3ccc4c(c3)C(C)(C)/C(=C\C=C3\C(=O)N(c5ccccc5)N=C3C)N4CC(CC)CCCCCC)ccc21. The van der Waals surface area contributed by atoms with Gasteiger partial charge in [0.25, 0.3) is 11.8 Å². The number of fused-ring (bicyclic) bond motifs is 2. The van der Waals surface area contributed by atoms with Gasteiger partial charge in [0, 0.05) is 46.7 Å². The summed E-state index contributed by atoms with van der Waals surface area (Å²) >= 11 is 0. The zero-order valence-corrected chi connectivity index (χ0v) is 50.2. The van der Waals surface area contributed by atoms with Gasteiger partial charge < -0.3 is 19.3 Å². The molecule has 0 fully saturated rings. The van der Waals surface area contributed by atoms with E-state index in [0.717, 1.165) is 85.9 Å². The summed E-state index contributed by atoms with van der Waals surface area (Å²) in [5.41, 5.74) is 10.9. The zero-order valence-electron chi connectivity index (χ0n) is 50.2. The summed E-state index contributed by atoms with van der Waals surface area (Å²) in [7, 11) is 0. The standard InChI is InChI=1S/C70H92N6O4/c1-11-15-17-23-31-53(13-3)49-73-63-41-37-57(47-61(63)69(7,8)65(73)43-39-59-51(5)71-75(67(59)77)55-33-25-21-26-34-55)79-45-29-19-20-30-46-80-58-38-42-64-62(48-58)70(9,10)66(74(64)50-54(14-4)32-24-18-16-12-2)44-40-60-52(6)72-76(68(60)78)56-35-27-22-28-36-56/h21-22,25-28,33-44,47-48,53-54H,11-20,23-24,29-32,45-46,49-50H2,1-10H3/b59-39-,60-40+,65-43-,66-44+. The van der Waals surface area contributed by atoms with Crippen molar-refractivity contribution in [3.8, 4) is 11.5 Å². The summed E-state index contributed by atoms with van der Waals surface area (Å²) in [5.74, 6) is 2.70. The zero-order chi connectivity index (χ0) is 56.8. The lowest BCUT2D eigenvalue weighted by atomic mass is 9.83. The lowest BCUT2D eigenvalue weighted by molar-refractivity contribution is -0.115. The number of rotatable bonds is 29. The number of hydrogen-bond acceptors (Lipinski definition) is 8. The third kappa shape index (κ3) is 13.7. The van der Waals surface area contributed by atoms with Crippen LogP contribution in [0.5, 0.6) is 11.5 Å². The first-order valence-electron chi connectivity index (χ1n) is 30.6. The van der Waals surface area contributed by atoms with Gasteiger partial charge in [0.15, 0.2) is 0 Å². The number of hydrogen-bond donors (Lipinski definition) is 0. The quantitative estimate of drug-likeness (QED) is 0.0397. The third-order valence-electron chi connectivity index (χ3n) is 17.2. The maximum atomic E-state index is 13.8. The van der Waals surface area contributed by atoms with Crippen LogP contribution in [0, 0.1) is 11.8 Å². The number of ether oxygens (including phenoxy) is 2. The number of para-hydroxylation sites is 2. The molecule has 8 rings (SSSR count). The Morgan fingerprint density at radius 2 is 0.875 bits per heavy atom. The van der Waals surface area contributed by atoms with Crippen LogP contribution in [0.15, 0.2) is 154 Å². The Balaban J connectivity index is 0.890. The van der Waals surface area contributed by atoms with Gasteiger partial charge >= 0.3 is 0 Å².